The summed E-state index contributed by atoms with van der Waals surface area (Å²) < 4.78 is 5.93. The Hall–Kier alpha value is -0.900. The van der Waals surface area contributed by atoms with Crippen LogP contribution in [0.5, 0.6) is 0 Å². The molecule has 2 atom stereocenters. The Morgan fingerprint density at radius 1 is 1.29 bits per heavy atom. The fourth-order valence-electron chi connectivity index (χ4n) is 3.78. The standard InChI is InChI=1S/C18H29NO2/c1-12-7-13(2)17(14(3)8-12)16(20)10-19-9-15(4)21-18(5,6)11-19/h7-8,15-16,20H,9-11H2,1-6H3. The van der Waals surface area contributed by atoms with Crippen molar-refractivity contribution in [1.29, 1.82) is 0 Å². The molecule has 3 nitrogen and oxygen atoms in total. The molecule has 1 fully saturated rings. The van der Waals surface area contributed by atoms with Gasteiger partial charge in [-0.25, -0.2) is 0 Å². The van der Waals surface area contributed by atoms with Crippen LogP contribution >= 0.6 is 0 Å². The van der Waals surface area contributed by atoms with Crippen LogP contribution in [0, 0.1) is 20.8 Å². The van der Waals surface area contributed by atoms with E-state index in [1.807, 2.05) is 0 Å². The summed E-state index contributed by atoms with van der Waals surface area (Å²) in [6.45, 7) is 15.0. The fraction of sp³-hybridized carbons (Fsp3) is 0.667. The first kappa shape index (κ1) is 16.5. The normalized spacial score (nSPS) is 24.0. The van der Waals surface area contributed by atoms with Gasteiger partial charge in [-0.2, -0.15) is 0 Å². The van der Waals surface area contributed by atoms with Crippen molar-refractivity contribution in [1.82, 2.24) is 4.90 Å². The number of benzene rings is 1. The number of β-amino-alcohol motifs (C(OH)–C–C–N with tert-alkyl or cyclic N) is 1. The van der Waals surface area contributed by atoms with E-state index >= 15 is 0 Å². The number of aliphatic hydroxyl groups excluding tert-OH is 1. The third kappa shape index (κ3) is 4.06. The van der Waals surface area contributed by atoms with Crippen molar-refractivity contribution < 1.29 is 9.84 Å². The zero-order valence-corrected chi connectivity index (χ0v) is 14.2. The van der Waals surface area contributed by atoms with Crippen LogP contribution in [0.1, 0.15) is 49.1 Å². The molecule has 2 rings (SSSR count). The monoisotopic (exact) mass is 291 g/mol. The fourth-order valence-corrected chi connectivity index (χ4v) is 3.78. The Kier molecular flexibility index (Phi) is 4.76. The SMILES string of the molecule is Cc1cc(C)c(C(O)CN2CC(C)OC(C)(C)C2)c(C)c1. The summed E-state index contributed by atoms with van der Waals surface area (Å²) in [4.78, 5) is 2.32. The van der Waals surface area contributed by atoms with Crippen LogP contribution in [0.2, 0.25) is 0 Å². The third-order valence-corrected chi connectivity index (χ3v) is 4.14. The van der Waals surface area contributed by atoms with E-state index in [1.54, 1.807) is 0 Å². The molecule has 1 aliphatic heterocycles. The average Bonchev–Trinajstić information content (AvgIpc) is 2.23. The highest BCUT2D eigenvalue weighted by Crippen LogP contribution is 2.27. The molecule has 0 radical (unpaired) electrons. The van der Waals surface area contributed by atoms with Gasteiger partial charge in [0, 0.05) is 19.6 Å². The molecular weight excluding hydrogens is 262 g/mol. The van der Waals surface area contributed by atoms with Gasteiger partial charge in [0.1, 0.15) is 0 Å². The van der Waals surface area contributed by atoms with E-state index < -0.39 is 6.10 Å². The molecule has 3 heteroatoms. The minimum atomic E-state index is -0.438. The molecule has 0 bridgehead atoms. The van der Waals surface area contributed by atoms with Gasteiger partial charge in [-0.05, 0) is 58.2 Å². The Morgan fingerprint density at radius 2 is 1.86 bits per heavy atom. The molecule has 1 aromatic carbocycles. The topological polar surface area (TPSA) is 32.7 Å². The average molecular weight is 291 g/mol. The first-order valence-corrected chi connectivity index (χ1v) is 7.84. The second-order valence-corrected chi connectivity index (χ2v) is 7.21. The Labute approximate surface area is 128 Å². The van der Waals surface area contributed by atoms with Crippen LogP contribution in [0.3, 0.4) is 0 Å². The predicted octanol–water partition coefficient (Wildman–Crippen LogP) is 3.14. The summed E-state index contributed by atoms with van der Waals surface area (Å²) in [6, 6.07) is 4.30. The number of aliphatic hydroxyl groups is 1. The van der Waals surface area contributed by atoms with Crippen molar-refractivity contribution in [2.75, 3.05) is 19.6 Å². The Bertz CT molecular complexity index is 487. The van der Waals surface area contributed by atoms with Gasteiger partial charge in [0.25, 0.3) is 0 Å². The van der Waals surface area contributed by atoms with Gasteiger partial charge < -0.3 is 9.84 Å². The molecule has 1 heterocycles. The van der Waals surface area contributed by atoms with Crippen LogP contribution in [0.15, 0.2) is 12.1 Å². The Balaban J connectivity index is 2.13. The second kappa shape index (κ2) is 6.07. The number of aryl methyl sites for hydroxylation is 3. The predicted molar refractivity (Wildman–Crippen MR) is 86.7 cm³/mol. The molecule has 1 saturated heterocycles. The highest BCUT2D eigenvalue weighted by atomic mass is 16.5. The molecule has 0 spiro atoms. The van der Waals surface area contributed by atoms with Crippen LogP contribution in [-0.4, -0.2) is 41.3 Å². The summed E-state index contributed by atoms with van der Waals surface area (Å²) in [7, 11) is 0. The van der Waals surface area contributed by atoms with Gasteiger partial charge in [-0.1, -0.05) is 17.7 Å². The van der Waals surface area contributed by atoms with Crippen LogP contribution in [-0.2, 0) is 4.74 Å². The van der Waals surface area contributed by atoms with Crippen molar-refractivity contribution in [3.63, 3.8) is 0 Å². The molecule has 1 aromatic rings. The van der Waals surface area contributed by atoms with Crippen LogP contribution in [0.4, 0.5) is 0 Å². The number of morpholine rings is 1. The van der Waals surface area contributed by atoms with Gasteiger partial charge in [0.2, 0.25) is 0 Å². The maximum atomic E-state index is 10.7. The maximum Gasteiger partial charge on any atom is 0.0922 e. The third-order valence-electron chi connectivity index (χ3n) is 4.14. The van der Waals surface area contributed by atoms with Gasteiger partial charge in [0.05, 0.1) is 17.8 Å². The first-order valence-electron chi connectivity index (χ1n) is 7.84. The maximum absolute atomic E-state index is 10.7. The van der Waals surface area contributed by atoms with Crippen molar-refractivity contribution in [3.05, 3.63) is 34.4 Å². The van der Waals surface area contributed by atoms with Crippen molar-refractivity contribution in [2.45, 2.75) is 59.4 Å². The number of hydrogen-bond donors (Lipinski definition) is 1. The molecule has 1 aliphatic rings. The molecular formula is C18H29NO2. The summed E-state index contributed by atoms with van der Waals surface area (Å²) >= 11 is 0. The molecule has 0 aliphatic carbocycles. The summed E-state index contributed by atoms with van der Waals surface area (Å²) in [5, 5.41) is 10.7. The lowest BCUT2D eigenvalue weighted by molar-refractivity contribution is -0.133. The van der Waals surface area contributed by atoms with E-state index in [-0.39, 0.29) is 11.7 Å². The van der Waals surface area contributed by atoms with Gasteiger partial charge in [0.15, 0.2) is 0 Å². The summed E-state index contributed by atoms with van der Waals surface area (Å²) in [6.07, 6.45) is -0.229. The summed E-state index contributed by atoms with van der Waals surface area (Å²) in [5.74, 6) is 0. The Morgan fingerprint density at radius 3 is 2.38 bits per heavy atom. The zero-order chi connectivity index (χ0) is 15.8. The van der Waals surface area contributed by atoms with Crippen molar-refractivity contribution in [3.8, 4) is 0 Å². The minimum Gasteiger partial charge on any atom is -0.387 e. The van der Waals surface area contributed by atoms with Crippen LogP contribution in [0.25, 0.3) is 0 Å². The number of rotatable bonds is 3. The molecule has 118 valence electrons. The number of hydrogen-bond acceptors (Lipinski definition) is 3. The van der Waals surface area contributed by atoms with Crippen molar-refractivity contribution in [2.24, 2.45) is 0 Å². The van der Waals surface area contributed by atoms with Gasteiger partial charge in [-0.15, -0.1) is 0 Å². The molecule has 1 N–H and O–H groups in total. The van der Waals surface area contributed by atoms with E-state index in [1.165, 1.54) is 16.7 Å². The van der Waals surface area contributed by atoms with Crippen molar-refractivity contribution >= 4 is 0 Å². The lowest BCUT2D eigenvalue weighted by Gasteiger charge is -2.42. The zero-order valence-electron chi connectivity index (χ0n) is 14.2. The largest absolute Gasteiger partial charge is 0.387 e. The first-order chi connectivity index (χ1) is 9.68. The quantitative estimate of drug-likeness (QED) is 0.928. The van der Waals surface area contributed by atoms with E-state index in [4.69, 9.17) is 4.74 Å². The highest BCUT2D eigenvalue weighted by molar-refractivity contribution is 5.39. The molecule has 0 aromatic heterocycles. The number of nitrogens with zero attached hydrogens (tertiary/aromatic N) is 1. The van der Waals surface area contributed by atoms with Crippen LogP contribution < -0.4 is 0 Å². The van der Waals surface area contributed by atoms with Gasteiger partial charge >= 0.3 is 0 Å². The molecule has 2 unspecified atom stereocenters. The minimum absolute atomic E-state index is 0.144. The van der Waals surface area contributed by atoms with E-state index in [0.29, 0.717) is 6.54 Å². The molecule has 21 heavy (non-hydrogen) atoms. The smallest absolute Gasteiger partial charge is 0.0922 e. The van der Waals surface area contributed by atoms with E-state index in [9.17, 15) is 5.11 Å². The second-order valence-electron chi connectivity index (χ2n) is 7.21. The van der Waals surface area contributed by atoms with E-state index in [0.717, 1.165) is 18.7 Å². The summed E-state index contributed by atoms with van der Waals surface area (Å²) in [5.41, 5.74) is 4.55. The highest BCUT2D eigenvalue weighted by Gasteiger charge is 2.32. The lowest BCUT2D eigenvalue weighted by atomic mass is 9.94. The molecule has 0 saturated carbocycles. The van der Waals surface area contributed by atoms with Gasteiger partial charge in [-0.3, -0.25) is 4.90 Å². The lowest BCUT2D eigenvalue weighted by Crippen LogP contribution is -2.52. The number of ether oxygens (including phenoxy) is 1. The van der Waals surface area contributed by atoms with E-state index in [2.05, 4.69) is 58.6 Å². The molecule has 0 amide bonds.